The number of hydrogen-bond donors (Lipinski definition) is 2. The zero-order valence-electron chi connectivity index (χ0n) is 14.4. The zero-order chi connectivity index (χ0) is 19.8. The van der Waals surface area contributed by atoms with E-state index in [-0.39, 0.29) is 10.9 Å². The van der Waals surface area contributed by atoms with Crippen LogP contribution in [0.1, 0.15) is 19.8 Å². The summed E-state index contributed by atoms with van der Waals surface area (Å²) in [5.74, 6) is -1.85. The van der Waals surface area contributed by atoms with Gasteiger partial charge in [-0.1, -0.05) is 23.2 Å². The highest BCUT2D eigenvalue weighted by Gasteiger charge is 2.56. The maximum absolute atomic E-state index is 12.4. The molecule has 0 spiro atoms. The van der Waals surface area contributed by atoms with Crippen LogP contribution in [-0.2, 0) is 19.1 Å². The summed E-state index contributed by atoms with van der Waals surface area (Å²) in [6.07, 6.45) is 1.71. The smallest absolute Gasteiger partial charge is 0.326 e. The number of anilines is 1. The number of carbonyl (C=O) groups is 4. The van der Waals surface area contributed by atoms with Crippen LogP contribution >= 0.6 is 23.2 Å². The Labute approximate surface area is 165 Å². The highest BCUT2D eigenvalue weighted by atomic mass is 35.5. The summed E-state index contributed by atoms with van der Waals surface area (Å²) in [4.78, 5) is 49.1. The van der Waals surface area contributed by atoms with E-state index < -0.39 is 42.5 Å². The number of hydrogen-bond acceptors (Lipinski definition) is 5. The fourth-order valence-corrected chi connectivity index (χ4v) is 3.35. The summed E-state index contributed by atoms with van der Waals surface area (Å²) in [7, 11) is 0. The Kier molecular flexibility index (Phi) is 5.30. The van der Waals surface area contributed by atoms with Crippen molar-refractivity contribution >= 4 is 52.7 Å². The van der Waals surface area contributed by atoms with Crippen LogP contribution in [0.3, 0.4) is 0 Å². The van der Waals surface area contributed by atoms with Crippen molar-refractivity contribution in [1.29, 1.82) is 0 Å². The summed E-state index contributed by atoms with van der Waals surface area (Å²) in [5, 5.41) is 5.75. The fraction of sp³-hybridized carbons (Fsp3) is 0.412. The lowest BCUT2D eigenvalue weighted by molar-refractivity contribution is -0.150. The van der Waals surface area contributed by atoms with Gasteiger partial charge in [-0.15, -0.1) is 0 Å². The van der Waals surface area contributed by atoms with Crippen LogP contribution in [0.5, 0.6) is 0 Å². The van der Waals surface area contributed by atoms with Crippen molar-refractivity contribution < 1.29 is 23.9 Å². The molecule has 1 saturated carbocycles. The summed E-state index contributed by atoms with van der Waals surface area (Å²) in [6, 6.07) is 3.88. The normalized spacial score (nSPS) is 21.8. The molecule has 1 aromatic carbocycles. The van der Waals surface area contributed by atoms with Gasteiger partial charge in [-0.3, -0.25) is 19.3 Å². The first kappa shape index (κ1) is 19.4. The Balaban J connectivity index is 1.50. The lowest BCUT2D eigenvalue weighted by Gasteiger charge is -2.20. The first-order valence-electron chi connectivity index (χ1n) is 8.25. The number of esters is 1. The molecule has 27 heavy (non-hydrogen) atoms. The number of nitrogens with one attached hydrogen (secondary N) is 2. The summed E-state index contributed by atoms with van der Waals surface area (Å²) in [5.41, 5.74) is -0.656. The van der Waals surface area contributed by atoms with Gasteiger partial charge in [0, 0.05) is 5.02 Å². The van der Waals surface area contributed by atoms with E-state index in [1.54, 1.807) is 13.0 Å². The number of nitrogens with zero attached hydrogens (tertiary/aromatic N) is 1. The van der Waals surface area contributed by atoms with E-state index in [2.05, 4.69) is 10.6 Å². The molecule has 3 rings (SSSR count). The van der Waals surface area contributed by atoms with Gasteiger partial charge in [-0.25, -0.2) is 4.79 Å². The molecule has 1 aliphatic heterocycles. The molecule has 0 aromatic heterocycles. The minimum Gasteiger partial charge on any atom is -0.454 e. The predicted octanol–water partition coefficient (Wildman–Crippen LogP) is 2.20. The van der Waals surface area contributed by atoms with Crippen LogP contribution < -0.4 is 10.6 Å². The van der Waals surface area contributed by atoms with Crippen molar-refractivity contribution in [3.05, 3.63) is 28.2 Å². The third-order valence-electron chi connectivity index (χ3n) is 4.55. The molecule has 2 N–H and O–H groups in total. The zero-order valence-corrected chi connectivity index (χ0v) is 15.9. The molecule has 2 aliphatic rings. The van der Waals surface area contributed by atoms with E-state index in [1.165, 1.54) is 12.1 Å². The van der Waals surface area contributed by atoms with Gasteiger partial charge in [0.15, 0.2) is 6.61 Å². The molecule has 0 bridgehead atoms. The highest BCUT2D eigenvalue weighted by Crippen LogP contribution is 2.42. The quantitative estimate of drug-likeness (QED) is 0.549. The van der Waals surface area contributed by atoms with Gasteiger partial charge in [-0.2, -0.15) is 0 Å². The Morgan fingerprint density at radius 1 is 1.33 bits per heavy atom. The second kappa shape index (κ2) is 7.36. The maximum Gasteiger partial charge on any atom is 0.326 e. The van der Waals surface area contributed by atoms with Crippen molar-refractivity contribution in [2.75, 3.05) is 18.5 Å². The SMILES string of the molecule is C[C@]1(C2CC2)NC(=O)N(CC(=O)OCC(=O)Nc2ccc(Cl)cc2Cl)C1=O. The number of imide groups is 1. The third kappa shape index (κ3) is 4.17. The molecule has 144 valence electrons. The summed E-state index contributed by atoms with van der Waals surface area (Å²) >= 11 is 11.7. The van der Waals surface area contributed by atoms with E-state index >= 15 is 0 Å². The number of halogens is 2. The third-order valence-corrected chi connectivity index (χ3v) is 5.10. The molecule has 1 aromatic rings. The number of carbonyl (C=O) groups excluding carboxylic acids is 4. The molecule has 1 heterocycles. The lowest BCUT2D eigenvalue weighted by atomic mass is 9.96. The Hall–Kier alpha value is -2.32. The molecular formula is C17H17Cl2N3O5. The molecule has 1 aliphatic carbocycles. The first-order chi connectivity index (χ1) is 12.7. The minimum absolute atomic E-state index is 0.0878. The number of benzene rings is 1. The van der Waals surface area contributed by atoms with E-state index in [0.717, 1.165) is 17.7 Å². The maximum atomic E-state index is 12.4. The summed E-state index contributed by atoms with van der Waals surface area (Å²) < 4.78 is 4.85. The minimum atomic E-state index is -0.972. The molecule has 1 saturated heterocycles. The second-order valence-corrected chi connectivity index (χ2v) is 7.47. The van der Waals surface area contributed by atoms with Crippen LogP contribution in [0.15, 0.2) is 18.2 Å². The molecule has 2 fully saturated rings. The van der Waals surface area contributed by atoms with Gasteiger partial charge in [0.1, 0.15) is 12.1 Å². The lowest BCUT2D eigenvalue weighted by Crippen LogP contribution is -2.46. The average Bonchev–Trinajstić information content (AvgIpc) is 3.42. The van der Waals surface area contributed by atoms with Gasteiger partial charge in [0.25, 0.3) is 11.8 Å². The largest absolute Gasteiger partial charge is 0.454 e. The van der Waals surface area contributed by atoms with Crippen LogP contribution in [0.2, 0.25) is 10.0 Å². The van der Waals surface area contributed by atoms with Crippen molar-refractivity contribution in [2.24, 2.45) is 5.92 Å². The first-order valence-corrected chi connectivity index (χ1v) is 9.01. The van der Waals surface area contributed by atoms with Crippen LogP contribution in [0, 0.1) is 5.92 Å². The topological polar surface area (TPSA) is 105 Å². The molecule has 0 unspecified atom stereocenters. The standard InChI is InChI=1S/C17H17Cl2N3O5/c1-17(9-2-3-9)15(25)22(16(26)21-17)7-14(24)27-8-13(23)20-12-5-4-10(18)6-11(12)19/h4-6,9H,2-3,7-8H2,1H3,(H,20,23)(H,21,26)/t17-/m1/s1. The van der Waals surface area contributed by atoms with Crippen LogP contribution in [0.25, 0.3) is 0 Å². The van der Waals surface area contributed by atoms with E-state index in [9.17, 15) is 19.2 Å². The number of ether oxygens (including phenoxy) is 1. The van der Waals surface area contributed by atoms with Gasteiger partial charge >= 0.3 is 12.0 Å². The van der Waals surface area contributed by atoms with Gasteiger partial charge in [0.2, 0.25) is 0 Å². The number of amides is 4. The van der Waals surface area contributed by atoms with Crippen molar-refractivity contribution in [1.82, 2.24) is 10.2 Å². The van der Waals surface area contributed by atoms with Crippen LogP contribution in [-0.4, -0.2) is 47.4 Å². The molecule has 8 nitrogen and oxygen atoms in total. The van der Waals surface area contributed by atoms with Crippen molar-refractivity contribution in [3.8, 4) is 0 Å². The molecular weight excluding hydrogens is 397 g/mol. The van der Waals surface area contributed by atoms with Gasteiger partial charge < -0.3 is 15.4 Å². The van der Waals surface area contributed by atoms with Crippen molar-refractivity contribution in [3.63, 3.8) is 0 Å². The highest BCUT2D eigenvalue weighted by molar-refractivity contribution is 6.36. The van der Waals surface area contributed by atoms with E-state index in [1.807, 2.05) is 0 Å². The monoisotopic (exact) mass is 413 g/mol. The fourth-order valence-electron chi connectivity index (χ4n) is 2.89. The van der Waals surface area contributed by atoms with E-state index in [0.29, 0.717) is 10.7 Å². The molecule has 0 radical (unpaired) electrons. The molecule has 10 heteroatoms. The van der Waals surface area contributed by atoms with Gasteiger partial charge in [-0.05, 0) is 43.9 Å². The number of urea groups is 1. The van der Waals surface area contributed by atoms with E-state index in [4.69, 9.17) is 27.9 Å². The Morgan fingerprint density at radius 3 is 2.67 bits per heavy atom. The average molecular weight is 414 g/mol. The second-order valence-electron chi connectivity index (χ2n) is 6.63. The number of rotatable bonds is 6. The Bertz CT molecular complexity index is 827. The van der Waals surface area contributed by atoms with Gasteiger partial charge in [0.05, 0.1) is 10.7 Å². The predicted molar refractivity (Wildman–Crippen MR) is 97.4 cm³/mol. The Morgan fingerprint density at radius 2 is 2.04 bits per heavy atom. The summed E-state index contributed by atoms with van der Waals surface area (Å²) in [6.45, 7) is 0.517. The van der Waals surface area contributed by atoms with Crippen molar-refractivity contribution in [2.45, 2.75) is 25.3 Å². The molecule has 4 amide bonds. The molecule has 1 atom stereocenters. The van der Waals surface area contributed by atoms with Crippen LogP contribution in [0.4, 0.5) is 10.5 Å².